The van der Waals surface area contributed by atoms with E-state index in [0.717, 1.165) is 5.56 Å². The van der Waals surface area contributed by atoms with Gasteiger partial charge in [-0.2, -0.15) is 0 Å². The lowest BCUT2D eigenvalue weighted by atomic mass is 10.2. The van der Waals surface area contributed by atoms with E-state index in [9.17, 15) is 15.2 Å². The number of aryl methyl sites for hydroxylation is 1. The second-order valence-electron chi connectivity index (χ2n) is 5.20. The van der Waals surface area contributed by atoms with Crippen molar-refractivity contribution in [2.45, 2.75) is 6.92 Å². The van der Waals surface area contributed by atoms with Crippen LogP contribution in [0, 0.1) is 17.0 Å². The highest BCUT2D eigenvalue weighted by Crippen LogP contribution is 2.28. The van der Waals surface area contributed by atoms with Gasteiger partial charge >= 0.3 is 5.95 Å². The van der Waals surface area contributed by atoms with E-state index < -0.39 is 10.9 Å². The molecule has 0 aliphatic carbocycles. The summed E-state index contributed by atoms with van der Waals surface area (Å²) in [6.07, 6.45) is 1.30. The summed E-state index contributed by atoms with van der Waals surface area (Å²) >= 11 is 5.83. The van der Waals surface area contributed by atoms with Crippen LogP contribution >= 0.6 is 11.6 Å². The first-order valence-corrected chi connectivity index (χ1v) is 7.56. The summed E-state index contributed by atoms with van der Waals surface area (Å²) in [5.74, 6) is -0.178. The number of non-ortho nitro benzene ring substituents is 1. The standard InChI is InChI=1S/C17H12ClN3O4/c1-10-2-7-13(21(23)24)8-14(10)19-9-15-17(22)25-16(20-15)11-3-5-12(18)6-4-11/h2-9,22H,1H3. The van der Waals surface area contributed by atoms with Crippen molar-refractivity contribution in [3.05, 3.63) is 68.9 Å². The molecule has 0 spiro atoms. The van der Waals surface area contributed by atoms with E-state index in [2.05, 4.69) is 9.98 Å². The second-order valence-corrected chi connectivity index (χ2v) is 5.64. The van der Waals surface area contributed by atoms with Crippen LogP contribution in [-0.2, 0) is 0 Å². The maximum Gasteiger partial charge on any atom is 0.312 e. The molecule has 0 radical (unpaired) electrons. The van der Waals surface area contributed by atoms with Crippen LogP contribution < -0.4 is 0 Å². The van der Waals surface area contributed by atoms with Crippen molar-refractivity contribution in [1.29, 1.82) is 0 Å². The number of benzene rings is 2. The normalized spacial score (nSPS) is 11.1. The van der Waals surface area contributed by atoms with Gasteiger partial charge in [0.2, 0.25) is 5.89 Å². The molecule has 1 N–H and O–H groups in total. The zero-order chi connectivity index (χ0) is 18.0. The number of nitrogens with zero attached hydrogens (tertiary/aromatic N) is 3. The Balaban J connectivity index is 1.91. The lowest BCUT2D eigenvalue weighted by Gasteiger charge is -1.99. The molecule has 0 atom stereocenters. The minimum Gasteiger partial charge on any atom is -0.479 e. The molecule has 3 rings (SSSR count). The molecule has 0 saturated heterocycles. The predicted octanol–water partition coefficient (Wildman–Crippen LogP) is 4.67. The van der Waals surface area contributed by atoms with Crippen molar-refractivity contribution in [3.63, 3.8) is 0 Å². The molecule has 0 unspecified atom stereocenters. The van der Waals surface area contributed by atoms with Crippen LogP contribution in [0.4, 0.5) is 11.4 Å². The molecular formula is C17H12ClN3O4. The summed E-state index contributed by atoms with van der Waals surface area (Å²) in [4.78, 5) is 18.7. The Bertz CT molecular complexity index is 965. The molecule has 1 heterocycles. The molecule has 0 fully saturated rings. The molecule has 7 nitrogen and oxygen atoms in total. The van der Waals surface area contributed by atoms with Crippen LogP contribution in [0.1, 0.15) is 11.3 Å². The third-order valence-electron chi connectivity index (χ3n) is 3.46. The molecular weight excluding hydrogens is 346 g/mol. The van der Waals surface area contributed by atoms with Crippen LogP contribution in [0.5, 0.6) is 5.95 Å². The van der Waals surface area contributed by atoms with Crippen molar-refractivity contribution in [1.82, 2.24) is 4.98 Å². The van der Waals surface area contributed by atoms with Crippen LogP contribution in [-0.4, -0.2) is 21.2 Å². The van der Waals surface area contributed by atoms with Crippen LogP contribution in [0.2, 0.25) is 5.02 Å². The zero-order valence-electron chi connectivity index (χ0n) is 13.0. The fourth-order valence-electron chi connectivity index (χ4n) is 2.11. The first kappa shape index (κ1) is 16.7. The topological polar surface area (TPSA) is 102 Å². The highest BCUT2D eigenvalue weighted by Gasteiger charge is 2.13. The van der Waals surface area contributed by atoms with Crippen molar-refractivity contribution in [3.8, 4) is 17.4 Å². The fourth-order valence-corrected chi connectivity index (χ4v) is 2.23. The van der Waals surface area contributed by atoms with Gasteiger partial charge in [-0.3, -0.25) is 15.1 Å². The average molecular weight is 358 g/mol. The third-order valence-corrected chi connectivity index (χ3v) is 3.71. The van der Waals surface area contributed by atoms with Gasteiger partial charge in [0, 0.05) is 22.7 Å². The molecule has 8 heteroatoms. The van der Waals surface area contributed by atoms with Crippen molar-refractivity contribution in [2.24, 2.45) is 4.99 Å². The van der Waals surface area contributed by atoms with Crippen LogP contribution in [0.3, 0.4) is 0 Å². The second kappa shape index (κ2) is 6.74. The molecule has 0 saturated carbocycles. The number of oxazole rings is 1. The van der Waals surface area contributed by atoms with Gasteiger partial charge in [-0.15, -0.1) is 0 Å². The largest absolute Gasteiger partial charge is 0.479 e. The van der Waals surface area contributed by atoms with Gasteiger partial charge in [0.15, 0.2) is 5.69 Å². The van der Waals surface area contributed by atoms with Gasteiger partial charge in [0.25, 0.3) is 5.69 Å². The van der Waals surface area contributed by atoms with Gasteiger partial charge in [-0.05, 0) is 36.8 Å². The molecule has 2 aromatic carbocycles. The van der Waals surface area contributed by atoms with E-state index in [0.29, 0.717) is 16.3 Å². The quantitative estimate of drug-likeness (QED) is 0.415. The summed E-state index contributed by atoms with van der Waals surface area (Å²) in [6, 6.07) is 11.1. The number of hydrogen-bond acceptors (Lipinski definition) is 6. The van der Waals surface area contributed by atoms with E-state index >= 15 is 0 Å². The first-order valence-electron chi connectivity index (χ1n) is 7.19. The summed E-state index contributed by atoms with van der Waals surface area (Å²) in [5.41, 5.74) is 1.86. The van der Waals surface area contributed by atoms with E-state index in [1.807, 2.05) is 0 Å². The smallest absolute Gasteiger partial charge is 0.312 e. The summed E-state index contributed by atoms with van der Waals surface area (Å²) in [7, 11) is 0. The van der Waals surface area contributed by atoms with E-state index in [1.54, 1.807) is 37.3 Å². The highest BCUT2D eigenvalue weighted by atomic mass is 35.5. The van der Waals surface area contributed by atoms with Gasteiger partial charge < -0.3 is 9.52 Å². The minimum atomic E-state index is -0.495. The van der Waals surface area contributed by atoms with Gasteiger partial charge in [0.1, 0.15) is 0 Å². The van der Waals surface area contributed by atoms with E-state index in [-0.39, 0.29) is 17.3 Å². The molecule has 1 aromatic heterocycles. The SMILES string of the molecule is Cc1ccc([N+](=O)[O-])cc1N=Cc1nc(-c2ccc(Cl)cc2)oc1O. The highest BCUT2D eigenvalue weighted by molar-refractivity contribution is 6.30. The fraction of sp³-hybridized carbons (Fsp3) is 0.0588. The Labute approximate surface area is 147 Å². The first-order chi connectivity index (χ1) is 11.9. The van der Waals surface area contributed by atoms with Crippen molar-refractivity contribution in [2.75, 3.05) is 0 Å². The summed E-state index contributed by atoms with van der Waals surface area (Å²) in [6.45, 7) is 1.78. The summed E-state index contributed by atoms with van der Waals surface area (Å²) < 4.78 is 5.22. The number of halogens is 1. The number of aromatic hydroxyl groups is 1. The van der Waals surface area contributed by atoms with Crippen LogP contribution in [0.15, 0.2) is 51.9 Å². The number of rotatable bonds is 4. The lowest BCUT2D eigenvalue weighted by Crippen LogP contribution is -1.88. The minimum absolute atomic E-state index is 0.0658. The molecule has 126 valence electrons. The van der Waals surface area contributed by atoms with E-state index in [1.165, 1.54) is 18.3 Å². The van der Waals surface area contributed by atoms with Gasteiger partial charge in [-0.1, -0.05) is 17.7 Å². The molecule has 3 aromatic rings. The van der Waals surface area contributed by atoms with Crippen molar-refractivity contribution < 1.29 is 14.4 Å². The Morgan fingerprint density at radius 2 is 2.00 bits per heavy atom. The third kappa shape index (κ3) is 3.67. The predicted molar refractivity (Wildman–Crippen MR) is 93.7 cm³/mol. The maximum atomic E-state index is 10.9. The summed E-state index contributed by atoms with van der Waals surface area (Å²) in [5, 5.41) is 21.3. The Kier molecular flexibility index (Phi) is 4.49. The van der Waals surface area contributed by atoms with Crippen LogP contribution in [0.25, 0.3) is 11.5 Å². The van der Waals surface area contributed by atoms with Gasteiger partial charge in [0.05, 0.1) is 16.8 Å². The van der Waals surface area contributed by atoms with Gasteiger partial charge in [-0.25, -0.2) is 4.98 Å². The maximum absolute atomic E-state index is 10.9. The monoisotopic (exact) mass is 357 g/mol. The molecule has 0 aliphatic rings. The number of hydrogen-bond donors (Lipinski definition) is 1. The molecule has 0 bridgehead atoms. The molecule has 0 amide bonds. The average Bonchev–Trinajstić information content (AvgIpc) is 2.95. The molecule has 25 heavy (non-hydrogen) atoms. The Morgan fingerprint density at radius 1 is 1.28 bits per heavy atom. The van der Waals surface area contributed by atoms with E-state index in [4.69, 9.17) is 16.0 Å². The van der Waals surface area contributed by atoms with Crippen molar-refractivity contribution >= 4 is 29.2 Å². The Morgan fingerprint density at radius 3 is 2.68 bits per heavy atom. The number of aromatic nitrogens is 1. The molecule has 0 aliphatic heterocycles. The zero-order valence-corrected chi connectivity index (χ0v) is 13.8. The number of aliphatic imine (C=N–C) groups is 1. The number of nitro groups is 1. The lowest BCUT2D eigenvalue weighted by molar-refractivity contribution is -0.384. The Hall–Kier alpha value is -3.19. The number of nitro benzene ring substituents is 1.